The van der Waals surface area contributed by atoms with Crippen molar-refractivity contribution >= 4 is 29.5 Å². The molecule has 1 atom stereocenters. The van der Waals surface area contributed by atoms with Crippen LogP contribution in [0.4, 0.5) is 5.69 Å². The predicted octanol–water partition coefficient (Wildman–Crippen LogP) is 3.15. The van der Waals surface area contributed by atoms with Gasteiger partial charge < -0.3 is 14.5 Å². The number of ether oxygens (including phenoxy) is 2. The van der Waals surface area contributed by atoms with Crippen LogP contribution in [-0.4, -0.2) is 40.8 Å². The van der Waals surface area contributed by atoms with E-state index in [2.05, 4.69) is 4.98 Å². The number of nitrogens with one attached hydrogen (secondary N) is 1. The molecule has 0 bridgehead atoms. The number of aromatic amines is 1. The van der Waals surface area contributed by atoms with E-state index in [9.17, 15) is 24.5 Å². The second-order valence-electron chi connectivity index (χ2n) is 6.21. The largest absolute Gasteiger partial charge is 0.465 e. The van der Waals surface area contributed by atoms with Gasteiger partial charge in [0, 0.05) is 17.8 Å². The Morgan fingerprint density at radius 3 is 2.48 bits per heavy atom. The van der Waals surface area contributed by atoms with Crippen molar-refractivity contribution in [2.24, 2.45) is 0 Å². The van der Waals surface area contributed by atoms with Gasteiger partial charge in [-0.3, -0.25) is 14.9 Å². The average Bonchev–Trinajstić information content (AvgIpc) is 2.99. The first-order valence-electron chi connectivity index (χ1n) is 8.61. The highest BCUT2D eigenvalue weighted by Gasteiger charge is 2.27. The zero-order chi connectivity index (χ0) is 21.7. The van der Waals surface area contributed by atoms with Crippen LogP contribution >= 0.6 is 0 Å². The Balaban J connectivity index is 2.13. The van der Waals surface area contributed by atoms with E-state index in [1.165, 1.54) is 38.3 Å². The Hall–Kier alpha value is -3.75. The predicted molar refractivity (Wildman–Crippen MR) is 104 cm³/mol. The standard InChI is InChI=1S/C20H20N2O7/c1-11-17(20(25)28-4)12(2)21-18(11)19(24)13(3)29-16(23)10-9-14-7-5-6-8-15(14)22(26)27/h5-10,13,21H,1-4H3/b10-9+/t13-/m0/s1. The molecule has 0 unspecified atom stereocenters. The van der Waals surface area contributed by atoms with Crippen molar-refractivity contribution in [3.8, 4) is 0 Å². The lowest BCUT2D eigenvalue weighted by Crippen LogP contribution is -2.24. The molecule has 0 aliphatic carbocycles. The van der Waals surface area contributed by atoms with Gasteiger partial charge in [0.15, 0.2) is 6.10 Å². The van der Waals surface area contributed by atoms with Crippen molar-refractivity contribution in [1.29, 1.82) is 0 Å². The van der Waals surface area contributed by atoms with E-state index in [1.54, 1.807) is 19.9 Å². The molecule has 2 aromatic rings. The summed E-state index contributed by atoms with van der Waals surface area (Å²) in [6, 6.07) is 5.90. The molecular weight excluding hydrogens is 380 g/mol. The van der Waals surface area contributed by atoms with Crippen LogP contribution in [0.2, 0.25) is 0 Å². The molecule has 9 nitrogen and oxygen atoms in total. The number of H-pyrrole nitrogens is 1. The second kappa shape index (κ2) is 8.96. The lowest BCUT2D eigenvalue weighted by atomic mass is 10.1. The number of nitro groups is 1. The maximum atomic E-state index is 12.6. The minimum Gasteiger partial charge on any atom is -0.465 e. The van der Waals surface area contributed by atoms with Crippen LogP contribution in [0.25, 0.3) is 6.08 Å². The quantitative estimate of drug-likeness (QED) is 0.248. The van der Waals surface area contributed by atoms with Crippen molar-refractivity contribution in [2.75, 3.05) is 7.11 Å². The molecule has 9 heteroatoms. The number of benzene rings is 1. The number of carbonyl (C=O) groups is 3. The topological polar surface area (TPSA) is 129 Å². The van der Waals surface area contributed by atoms with E-state index >= 15 is 0 Å². The number of methoxy groups -OCH3 is 1. The average molecular weight is 400 g/mol. The molecule has 0 amide bonds. The summed E-state index contributed by atoms with van der Waals surface area (Å²) < 4.78 is 9.80. The molecule has 2 rings (SSSR count). The highest BCUT2D eigenvalue weighted by Crippen LogP contribution is 2.21. The van der Waals surface area contributed by atoms with Crippen LogP contribution in [0.1, 0.15) is 44.6 Å². The van der Waals surface area contributed by atoms with Gasteiger partial charge in [-0.2, -0.15) is 0 Å². The van der Waals surface area contributed by atoms with Crippen molar-refractivity contribution < 1.29 is 28.8 Å². The van der Waals surface area contributed by atoms with Crippen LogP contribution in [0.15, 0.2) is 30.3 Å². The van der Waals surface area contributed by atoms with Gasteiger partial charge in [0.2, 0.25) is 5.78 Å². The number of nitro benzene ring substituents is 1. The molecule has 152 valence electrons. The molecule has 1 aromatic carbocycles. The number of hydrogen-bond donors (Lipinski definition) is 1. The summed E-state index contributed by atoms with van der Waals surface area (Å²) in [6.45, 7) is 4.61. The van der Waals surface area contributed by atoms with Gasteiger partial charge in [0.25, 0.3) is 5.69 Å². The third kappa shape index (κ3) is 4.75. The third-order valence-corrected chi connectivity index (χ3v) is 4.27. The van der Waals surface area contributed by atoms with Crippen molar-refractivity contribution in [3.63, 3.8) is 0 Å². The van der Waals surface area contributed by atoms with Crippen LogP contribution in [0, 0.1) is 24.0 Å². The number of aromatic nitrogens is 1. The lowest BCUT2D eigenvalue weighted by molar-refractivity contribution is -0.385. The van der Waals surface area contributed by atoms with Gasteiger partial charge in [0.05, 0.1) is 28.9 Å². The van der Waals surface area contributed by atoms with Crippen molar-refractivity contribution in [1.82, 2.24) is 4.98 Å². The summed E-state index contributed by atoms with van der Waals surface area (Å²) >= 11 is 0. The Kier molecular flexibility index (Phi) is 6.66. The zero-order valence-electron chi connectivity index (χ0n) is 16.3. The number of hydrogen-bond acceptors (Lipinski definition) is 7. The van der Waals surface area contributed by atoms with Crippen molar-refractivity contribution in [3.05, 3.63) is 68.5 Å². The fraction of sp³-hybridized carbons (Fsp3) is 0.250. The molecule has 1 aromatic heterocycles. The molecular formula is C20H20N2O7. The Morgan fingerprint density at radius 1 is 1.21 bits per heavy atom. The first-order valence-corrected chi connectivity index (χ1v) is 8.61. The maximum Gasteiger partial charge on any atom is 0.339 e. The summed E-state index contributed by atoms with van der Waals surface area (Å²) in [7, 11) is 1.24. The Morgan fingerprint density at radius 2 is 1.86 bits per heavy atom. The van der Waals surface area contributed by atoms with Crippen LogP contribution in [-0.2, 0) is 14.3 Å². The van der Waals surface area contributed by atoms with E-state index in [1.807, 2.05) is 0 Å². The highest BCUT2D eigenvalue weighted by atomic mass is 16.6. The molecule has 1 heterocycles. The van der Waals surface area contributed by atoms with Gasteiger partial charge in [-0.25, -0.2) is 9.59 Å². The van der Waals surface area contributed by atoms with Crippen LogP contribution in [0.3, 0.4) is 0 Å². The maximum absolute atomic E-state index is 12.6. The van der Waals surface area contributed by atoms with E-state index in [0.29, 0.717) is 11.3 Å². The molecule has 0 spiro atoms. The summed E-state index contributed by atoms with van der Waals surface area (Å²) in [6.07, 6.45) is 1.12. The number of rotatable bonds is 7. The number of aryl methyl sites for hydroxylation is 1. The minimum atomic E-state index is -1.14. The second-order valence-corrected chi connectivity index (χ2v) is 6.21. The Bertz CT molecular complexity index is 1000. The Labute approximate surface area is 166 Å². The van der Waals surface area contributed by atoms with E-state index < -0.39 is 28.7 Å². The van der Waals surface area contributed by atoms with Gasteiger partial charge in [-0.15, -0.1) is 0 Å². The molecule has 0 saturated heterocycles. The van der Waals surface area contributed by atoms with Crippen molar-refractivity contribution in [2.45, 2.75) is 26.9 Å². The molecule has 0 fully saturated rings. The minimum absolute atomic E-state index is 0.144. The molecule has 29 heavy (non-hydrogen) atoms. The van der Waals surface area contributed by atoms with Gasteiger partial charge in [0.1, 0.15) is 0 Å². The number of Topliss-reactive ketones (excluding diaryl/α,β-unsaturated/α-hetero) is 1. The fourth-order valence-electron chi connectivity index (χ4n) is 2.83. The summed E-state index contributed by atoms with van der Waals surface area (Å²) in [4.78, 5) is 49.8. The lowest BCUT2D eigenvalue weighted by Gasteiger charge is -2.10. The fourth-order valence-corrected chi connectivity index (χ4v) is 2.83. The number of para-hydroxylation sites is 1. The summed E-state index contributed by atoms with van der Waals surface area (Å²) in [5.74, 6) is -1.93. The van der Waals surface area contributed by atoms with E-state index in [4.69, 9.17) is 9.47 Å². The summed E-state index contributed by atoms with van der Waals surface area (Å²) in [5, 5.41) is 11.0. The first-order chi connectivity index (χ1) is 13.7. The number of esters is 2. The van der Waals surface area contributed by atoms with Gasteiger partial charge in [-0.05, 0) is 38.5 Å². The molecule has 0 saturated carbocycles. The zero-order valence-corrected chi connectivity index (χ0v) is 16.3. The molecule has 0 aliphatic heterocycles. The SMILES string of the molecule is COC(=O)c1c(C)[nH]c(C(=O)[C@H](C)OC(=O)/C=C/c2ccccc2[N+](=O)[O-])c1C. The summed E-state index contributed by atoms with van der Waals surface area (Å²) in [5.41, 5.74) is 1.34. The van der Waals surface area contributed by atoms with Gasteiger partial charge >= 0.3 is 11.9 Å². The molecule has 0 aliphatic rings. The van der Waals surface area contributed by atoms with Gasteiger partial charge in [-0.1, -0.05) is 12.1 Å². The molecule has 1 N–H and O–H groups in total. The van der Waals surface area contributed by atoms with Crippen LogP contribution < -0.4 is 0 Å². The first kappa shape index (κ1) is 21.5. The molecule has 0 radical (unpaired) electrons. The number of ketones is 1. The normalized spacial score (nSPS) is 11.9. The number of nitrogens with zero attached hydrogens (tertiary/aromatic N) is 1. The van der Waals surface area contributed by atoms with Crippen LogP contribution in [0.5, 0.6) is 0 Å². The monoisotopic (exact) mass is 400 g/mol. The smallest absolute Gasteiger partial charge is 0.339 e. The van der Waals surface area contributed by atoms with E-state index in [0.717, 1.165) is 6.08 Å². The van der Waals surface area contributed by atoms with E-state index in [-0.39, 0.29) is 22.5 Å². The highest BCUT2D eigenvalue weighted by molar-refractivity contribution is 6.04. The third-order valence-electron chi connectivity index (χ3n) is 4.27. The number of carbonyl (C=O) groups excluding carboxylic acids is 3.